The Morgan fingerprint density at radius 3 is 2.69 bits per heavy atom. The molecule has 7 nitrogen and oxygen atoms in total. The maximum Gasteiger partial charge on any atom is 0.416 e. The summed E-state index contributed by atoms with van der Waals surface area (Å²) in [5.41, 5.74) is -1.19. The van der Waals surface area contributed by atoms with Gasteiger partial charge < -0.3 is 10.1 Å². The molecule has 2 rings (SSSR count). The minimum absolute atomic E-state index is 0.00504. The number of hydrogen-bond donors (Lipinski definition) is 1. The molecule has 156 valence electrons. The molecule has 1 aromatic heterocycles. The lowest BCUT2D eigenvalue weighted by Gasteiger charge is -2.12. The van der Waals surface area contributed by atoms with Crippen molar-refractivity contribution in [3.05, 3.63) is 56.6 Å². The van der Waals surface area contributed by atoms with Crippen LogP contribution in [0, 0.1) is 10.1 Å². The van der Waals surface area contributed by atoms with E-state index >= 15 is 0 Å². The number of nitro groups is 1. The van der Waals surface area contributed by atoms with Crippen LogP contribution in [-0.2, 0) is 6.18 Å². The Labute approximate surface area is 172 Å². The number of halogens is 4. The van der Waals surface area contributed by atoms with Crippen molar-refractivity contribution < 1.29 is 27.6 Å². The Morgan fingerprint density at radius 1 is 1.34 bits per heavy atom. The van der Waals surface area contributed by atoms with E-state index in [4.69, 9.17) is 16.3 Å². The molecule has 1 aromatic carbocycles. The number of nitrogens with zero attached hydrogens (tertiary/aromatic N) is 2. The fourth-order valence-electron chi connectivity index (χ4n) is 2.17. The molecule has 0 radical (unpaired) electrons. The number of carbonyl (C=O) groups is 1. The molecule has 12 heteroatoms. The number of alkyl halides is 3. The highest BCUT2D eigenvalue weighted by Gasteiger charge is 2.31. The second-order valence-corrected chi connectivity index (χ2v) is 6.85. The molecule has 2 aromatic rings. The van der Waals surface area contributed by atoms with E-state index in [1.165, 1.54) is 12.1 Å². The van der Waals surface area contributed by atoms with Gasteiger partial charge in [0.1, 0.15) is 5.03 Å². The van der Waals surface area contributed by atoms with Crippen LogP contribution in [-0.4, -0.2) is 35.2 Å². The fraction of sp³-hybridized carbons (Fsp3) is 0.294. The smallest absolute Gasteiger partial charge is 0.416 e. The van der Waals surface area contributed by atoms with Gasteiger partial charge in [0.2, 0.25) is 5.88 Å². The predicted molar refractivity (Wildman–Crippen MR) is 102 cm³/mol. The molecule has 0 fully saturated rings. The first kappa shape index (κ1) is 22.8. The van der Waals surface area contributed by atoms with Gasteiger partial charge in [-0.15, -0.1) is 11.8 Å². The summed E-state index contributed by atoms with van der Waals surface area (Å²) >= 11 is 6.94. The van der Waals surface area contributed by atoms with E-state index in [0.717, 1.165) is 30.0 Å². The van der Waals surface area contributed by atoms with Crippen molar-refractivity contribution in [1.82, 2.24) is 10.3 Å². The van der Waals surface area contributed by atoms with Crippen molar-refractivity contribution in [1.29, 1.82) is 0 Å². The largest absolute Gasteiger partial charge is 0.478 e. The number of amides is 1. The average Bonchev–Trinajstić information content (AvgIpc) is 2.66. The first-order valence-corrected chi connectivity index (χ1v) is 9.70. The summed E-state index contributed by atoms with van der Waals surface area (Å²) < 4.78 is 43.9. The fourth-order valence-corrected chi connectivity index (χ4v) is 2.80. The molecular weight excluding hydrogens is 435 g/mol. The summed E-state index contributed by atoms with van der Waals surface area (Å²) in [5, 5.41) is 13.5. The van der Waals surface area contributed by atoms with Crippen LogP contribution < -0.4 is 10.1 Å². The van der Waals surface area contributed by atoms with Gasteiger partial charge in [0.25, 0.3) is 11.6 Å². The van der Waals surface area contributed by atoms with E-state index in [-0.39, 0.29) is 46.8 Å². The summed E-state index contributed by atoms with van der Waals surface area (Å²) in [6.45, 7) is 0.122. The number of aromatic nitrogens is 1. The van der Waals surface area contributed by atoms with Gasteiger partial charge in [-0.1, -0.05) is 11.6 Å². The van der Waals surface area contributed by atoms with Crippen molar-refractivity contribution in [3.63, 3.8) is 0 Å². The molecular formula is C17H15ClF3N3O4S. The van der Waals surface area contributed by atoms with Gasteiger partial charge in [-0.3, -0.25) is 14.9 Å². The number of pyridine rings is 1. The van der Waals surface area contributed by atoms with Crippen molar-refractivity contribution in [3.8, 4) is 5.88 Å². The number of carbonyl (C=O) groups excluding carboxylic acids is 1. The maximum absolute atomic E-state index is 12.9. The minimum atomic E-state index is -4.52. The highest BCUT2D eigenvalue weighted by atomic mass is 35.5. The Balaban J connectivity index is 1.90. The average molecular weight is 450 g/mol. The molecule has 0 aliphatic carbocycles. The second-order valence-electron chi connectivity index (χ2n) is 5.61. The molecule has 0 saturated heterocycles. The second kappa shape index (κ2) is 9.79. The first-order valence-electron chi connectivity index (χ1n) is 8.10. The number of nitrogens with one attached hydrogen (secondary N) is 1. The minimum Gasteiger partial charge on any atom is -0.478 e. The molecule has 0 unspecified atom stereocenters. The SMILES string of the molecule is CSc1cc(C(F)(F)F)cc(OCCCNC(=O)c2cc([N+](=O)[O-])ccc2Cl)n1. The predicted octanol–water partition coefficient (Wildman–Crippen LogP) is 4.58. The highest BCUT2D eigenvalue weighted by molar-refractivity contribution is 7.98. The van der Waals surface area contributed by atoms with Crippen LogP contribution >= 0.6 is 23.4 Å². The van der Waals surface area contributed by atoms with Crippen molar-refractivity contribution in [2.45, 2.75) is 17.6 Å². The molecule has 29 heavy (non-hydrogen) atoms. The van der Waals surface area contributed by atoms with Crippen LogP contribution in [0.3, 0.4) is 0 Å². The first-order chi connectivity index (χ1) is 13.6. The van der Waals surface area contributed by atoms with Crippen LogP contribution in [0.4, 0.5) is 18.9 Å². The zero-order valence-electron chi connectivity index (χ0n) is 15.0. The van der Waals surface area contributed by atoms with Gasteiger partial charge in [0.15, 0.2) is 0 Å². The Hall–Kier alpha value is -2.53. The van der Waals surface area contributed by atoms with Crippen LogP contribution in [0.25, 0.3) is 0 Å². The number of thioether (sulfide) groups is 1. The third-order valence-corrected chi connectivity index (χ3v) is 4.53. The van der Waals surface area contributed by atoms with Crippen molar-refractivity contribution >= 4 is 35.0 Å². The number of benzene rings is 1. The van der Waals surface area contributed by atoms with E-state index in [2.05, 4.69) is 10.3 Å². The quantitative estimate of drug-likeness (QED) is 0.274. The summed E-state index contributed by atoms with van der Waals surface area (Å²) in [7, 11) is 0. The third kappa shape index (κ3) is 6.50. The van der Waals surface area contributed by atoms with Crippen LogP contribution in [0.1, 0.15) is 22.3 Å². The van der Waals surface area contributed by atoms with E-state index in [0.29, 0.717) is 0 Å². The normalized spacial score (nSPS) is 11.2. The Kier molecular flexibility index (Phi) is 7.68. The molecule has 1 heterocycles. The summed E-state index contributed by atoms with van der Waals surface area (Å²) in [6.07, 6.45) is -2.65. The van der Waals surface area contributed by atoms with E-state index < -0.39 is 22.6 Å². The van der Waals surface area contributed by atoms with Crippen LogP contribution in [0.15, 0.2) is 35.4 Å². The number of hydrogen-bond acceptors (Lipinski definition) is 6. The highest BCUT2D eigenvalue weighted by Crippen LogP contribution is 2.33. The summed E-state index contributed by atoms with van der Waals surface area (Å²) in [6, 6.07) is 5.23. The monoisotopic (exact) mass is 449 g/mol. The molecule has 0 aliphatic heterocycles. The van der Waals surface area contributed by atoms with Gasteiger partial charge in [-0.25, -0.2) is 4.98 Å². The number of ether oxygens (including phenoxy) is 1. The summed E-state index contributed by atoms with van der Waals surface area (Å²) in [4.78, 5) is 26.2. The van der Waals surface area contributed by atoms with Gasteiger partial charge in [-0.05, 0) is 24.8 Å². The maximum atomic E-state index is 12.9. The van der Waals surface area contributed by atoms with Gasteiger partial charge in [-0.2, -0.15) is 13.2 Å². The molecule has 0 atom stereocenters. The number of non-ortho nitro benzene ring substituents is 1. The van der Waals surface area contributed by atoms with E-state index in [1.807, 2.05) is 0 Å². The lowest BCUT2D eigenvalue weighted by Crippen LogP contribution is -2.26. The lowest BCUT2D eigenvalue weighted by molar-refractivity contribution is -0.384. The Bertz CT molecular complexity index is 912. The van der Waals surface area contributed by atoms with Crippen molar-refractivity contribution in [2.24, 2.45) is 0 Å². The van der Waals surface area contributed by atoms with Crippen LogP contribution in [0.5, 0.6) is 5.88 Å². The standard InChI is InChI=1S/C17H15ClF3N3O4S/c1-29-15-8-10(17(19,20)21)7-14(23-15)28-6-2-5-22-16(25)12-9-11(24(26)27)3-4-13(12)18/h3-4,7-9H,2,5-6H2,1H3,(H,22,25). The van der Waals surface area contributed by atoms with E-state index in [1.54, 1.807) is 6.26 Å². The number of rotatable bonds is 8. The zero-order chi connectivity index (χ0) is 21.6. The molecule has 1 N–H and O–H groups in total. The van der Waals surface area contributed by atoms with E-state index in [9.17, 15) is 28.1 Å². The molecule has 0 spiro atoms. The molecule has 0 saturated carbocycles. The van der Waals surface area contributed by atoms with Gasteiger partial charge >= 0.3 is 6.18 Å². The lowest BCUT2D eigenvalue weighted by atomic mass is 10.2. The Morgan fingerprint density at radius 2 is 2.07 bits per heavy atom. The van der Waals surface area contributed by atoms with Gasteiger partial charge in [0.05, 0.1) is 27.7 Å². The number of nitro benzene ring substituents is 1. The molecule has 0 aliphatic rings. The van der Waals surface area contributed by atoms with Crippen molar-refractivity contribution in [2.75, 3.05) is 19.4 Å². The third-order valence-electron chi connectivity index (χ3n) is 3.58. The topological polar surface area (TPSA) is 94.4 Å². The molecule has 0 bridgehead atoms. The van der Waals surface area contributed by atoms with Gasteiger partial charge in [0, 0.05) is 24.7 Å². The summed E-state index contributed by atoms with van der Waals surface area (Å²) in [5.74, 6) is -0.780. The zero-order valence-corrected chi connectivity index (χ0v) is 16.5. The van der Waals surface area contributed by atoms with Crippen LogP contribution in [0.2, 0.25) is 5.02 Å². The molecule has 1 amide bonds.